The van der Waals surface area contributed by atoms with Gasteiger partial charge in [-0.3, -0.25) is 9.69 Å². The van der Waals surface area contributed by atoms with E-state index in [9.17, 15) is 17.6 Å². The zero-order valence-electron chi connectivity index (χ0n) is 18.2. The summed E-state index contributed by atoms with van der Waals surface area (Å²) < 4.78 is 37.1. The van der Waals surface area contributed by atoms with Gasteiger partial charge in [0.1, 0.15) is 17.7 Å². The molecule has 0 bridgehead atoms. The van der Waals surface area contributed by atoms with Crippen LogP contribution in [0.4, 0.5) is 10.1 Å². The largest absolute Gasteiger partial charge is 0.338 e. The van der Waals surface area contributed by atoms with Crippen molar-refractivity contribution in [1.82, 2.24) is 14.9 Å². The molecule has 7 nitrogen and oxygen atoms in total. The number of anilines is 1. The molecule has 1 aliphatic rings. The Hall–Kier alpha value is -3.56. The molecule has 5 rings (SSSR count). The van der Waals surface area contributed by atoms with E-state index in [4.69, 9.17) is 0 Å². The number of halogens is 1. The van der Waals surface area contributed by atoms with E-state index in [0.717, 1.165) is 22.2 Å². The molecule has 174 valence electrons. The summed E-state index contributed by atoms with van der Waals surface area (Å²) in [5.74, 6) is 0.133. The third-order valence-electron chi connectivity index (χ3n) is 5.97. The highest BCUT2D eigenvalue weighted by molar-refractivity contribution is 7.91. The predicted octanol–water partition coefficient (Wildman–Crippen LogP) is 3.78. The molecule has 2 heterocycles. The Kier molecular flexibility index (Phi) is 5.89. The first kappa shape index (κ1) is 22.2. The second-order valence-electron chi connectivity index (χ2n) is 8.31. The summed E-state index contributed by atoms with van der Waals surface area (Å²) in [5.41, 5.74) is 3.61. The molecule has 0 radical (unpaired) electrons. The normalized spacial score (nSPS) is 16.9. The van der Waals surface area contributed by atoms with Crippen molar-refractivity contribution in [2.45, 2.75) is 6.04 Å². The lowest BCUT2D eigenvalue weighted by atomic mass is 10.0. The maximum absolute atomic E-state index is 13.4. The van der Waals surface area contributed by atoms with Crippen LogP contribution >= 0.6 is 0 Å². The van der Waals surface area contributed by atoms with Gasteiger partial charge in [-0.2, -0.15) is 0 Å². The Morgan fingerprint density at radius 3 is 2.41 bits per heavy atom. The molecule has 1 fully saturated rings. The van der Waals surface area contributed by atoms with Crippen LogP contribution < -0.4 is 5.32 Å². The van der Waals surface area contributed by atoms with Crippen LogP contribution in [0.5, 0.6) is 0 Å². The van der Waals surface area contributed by atoms with Gasteiger partial charge in [-0.25, -0.2) is 17.8 Å². The second-order valence-corrected chi connectivity index (χ2v) is 10.6. The maximum Gasteiger partial charge on any atom is 0.246 e. The highest BCUT2D eigenvalue weighted by atomic mass is 32.2. The topological polar surface area (TPSA) is 95.2 Å². The summed E-state index contributed by atoms with van der Waals surface area (Å²) in [4.78, 5) is 23.1. The Labute approximate surface area is 196 Å². The summed E-state index contributed by atoms with van der Waals surface area (Å²) in [6, 6.07) is 20.2. The number of amides is 1. The highest BCUT2D eigenvalue weighted by Gasteiger charge is 2.32. The van der Waals surface area contributed by atoms with Gasteiger partial charge in [-0.15, -0.1) is 0 Å². The number of nitrogens with one attached hydrogen (secondary N) is 2. The average molecular weight is 479 g/mol. The van der Waals surface area contributed by atoms with Crippen LogP contribution in [0, 0.1) is 5.82 Å². The zero-order valence-corrected chi connectivity index (χ0v) is 19.1. The lowest BCUT2D eigenvalue weighted by molar-refractivity contribution is -0.121. The van der Waals surface area contributed by atoms with Gasteiger partial charge in [0.25, 0.3) is 0 Å². The van der Waals surface area contributed by atoms with Gasteiger partial charge < -0.3 is 10.3 Å². The van der Waals surface area contributed by atoms with E-state index in [1.165, 1.54) is 12.1 Å². The predicted molar refractivity (Wildman–Crippen MR) is 130 cm³/mol. The third kappa shape index (κ3) is 4.71. The number of imidazole rings is 1. The Bertz CT molecular complexity index is 1420. The van der Waals surface area contributed by atoms with Crippen LogP contribution in [0.3, 0.4) is 0 Å². The molecule has 0 saturated carbocycles. The first-order valence-corrected chi connectivity index (χ1v) is 12.8. The Balaban J connectivity index is 1.40. The molecule has 1 unspecified atom stereocenters. The van der Waals surface area contributed by atoms with E-state index in [1.807, 2.05) is 35.2 Å². The van der Waals surface area contributed by atoms with Crippen molar-refractivity contribution in [3.63, 3.8) is 0 Å². The molecule has 3 aromatic carbocycles. The van der Waals surface area contributed by atoms with Crippen molar-refractivity contribution in [2.75, 3.05) is 29.9 Å². The number of carbonyl (C=O) groups excluding carboxylic acids is 1. The van der Waals surface area contributed by atoms with Gasteiger partial charge in [0.05, 0.1) is 22.5 Å². The van der Waals surface area contributed by atoms with Crippen molar-refractivity contribution in [3.05, 3.63) is 84.2 Å². The first-order chi connectivity index (χ1) is 16.4. The number of carbonyl (C=O) groups is 1. The average Bonchev–Trinajstić information content (AvgIpc) is 3.25. The summed E-state index contributed by atoms with van der Waals surface area (Å²) in [7, 11) is -3.07. The fourth-order valence-electron chi connectivity index (χ4n) is 4.19. The first-order valence-electron chi connectivity index (χ1n) is 10.9. The summed E-state index contributed by atoms with van der Waals surface area (Å²) in [6.07, 6.45) is 0. The molecule has 4 aromatic rings. The minimum atomic E-state index is -3.07. The number of sulfone groups is 1. The molecule has 1 amide bonds. The number of hydrogen-bond donors (Lipinski definition) is 2. The fourth-order valence-corrected chi connectivity index (χ4v) is 5.42. The summed E-state index contributed by atoms with van der Waals surface area (Å²) in [6.45, 7) is 0.603. The van der Waals surface area contributed by atoms with Crippen LogP contribution in [0.15, 0.2) is 72.8 Å². The molecule has 34 heavy (non-hydrogen) atoms. The molecule has 9 heteroatoms. The van der Waals surface area contributed by atoms with E-state index in [0.29, 0.717) is 24.6 Å². The molecule has 0 spiro atoms. The highest BCUT2D eigenvalue weighted by Crippen LogP contribution is 2.27. The van der Waals surface area contributed by atoms with Crippen molar-refractivity contribution >= 4 is 32.5 Å². The Morgan fingerprint density at radius 1 is 1.00 bits per heavy atom. The SMILES string of the molecule is O=C(Nc1ccc2nc(-c3ccc(F)cc3)[nH]c2c1)C(c1ccccc1)N1CCS(=O)(=O)CC1. The van der Waals surface area contributed by atoms with E-state index < -0.39 is 15.9 Å². The monoisotopic (exact) mass is 478 g/mol. The molecule has 1 atom stereocenters. The van der Waals surface area contributed by atoms with Gasteiger partial charge in [-0.05, 0) is 48.0 Å². The standard InChI is InChI=1S/C25H23FN4O3S/c26-19-8-6-18(7-9-19)24-28-21-11-10-20(16-22(21)29-24)27-25(31)23(17-4-2-1-3-5-17)30-12-14-34(32,33)15-13-30/h1-11,16,23H,12-15H2,(H,27,31)(H,28,29). The van der Waals surface area contributed by atoms with Crippen LogP contribution in [0.25, 0.3) is 22.4 Å². The van der Waals surface area contributed by atoms with Crippen LogP contribution in [0.1, 0.15) is 11.6 Å². The van der Waals surface area contributed by atoms with Crippen molar-refractivity contribution in [2.24, 2.45) is 0 Å². The van der Waals surface area contributed by atoms with E-state index in [-0.39, 0.29) is 23.2 Å². The lowest BCUT2D eigenvalue weighted by Crippen LogP contribution is -2.46. The third-order valence-corrected chi connectivity index (χ3v) is 7.58. The summed E-state index contributed by atoms with van der Waals surface area (Å²) >= 11 is 0. The van der Waals surface area contributed by atoms with E-state index in [2.05, 4.69) is 15.3 Å². The van der Waals surface area contributed by atoms with Gasteiger partial charge in [0.2, 0.25) is 5.91 Å². The lowest BCUT2D eigenvalue weighted by Gasteiger charge is -2.33. The van der Waals surface area contributed by atoms with Crippen LogP contribution in [-0.2, 0) is 14.6 Å². The molecule has 1 saturated heterocycles. The number of rotatable bonds is 5. The minimum absolute atomic E-state index is 0.0376. The quantitative estimate of drug-likeness (QED) is 0.455. The van der Waals surface area contributed by atoms with E-state index in [1.54, 1.807) is 30.3 Å². The number of nitrogens with zero attached hydrogens (tertiary/aromatic N) is 2. The number of fused-ring (bicyclic) bond motifs is 1. The summed E-state index contributed by atoms with van der Waals surface area (Å²) in [5, 5.41) is 2.98. The molecule has 1 aromatic heterocycles. The fraction of sp³-hybridized carbons (Fsp3) is 0.200. The van der Waals surface area contributed by atoms with Crippen LogP contribution in [-0.4, -0.2) is 53.8 Å². The minimum Gasteiger partial charge on any atom is -0.338 e. The van der Waals surface area contributed by atoms with Crippen LogP contribution in [0.2, 0.25) is 0 Å². The number of hydrogen-bond acceptors (Lipinski definition) is 5. The molecular formula is C25H23FN4O3S. The van der Waals surface area contributed by atoms with Crippen molar-refractivity contribution in [1.29, 1.82) is 0 Å². The maximum atomic E-state index is 13.4. The van der Waals surface area contributed by atoms with Gasteiger partial charge in [0, 0.05) is 24.3 Å². The number of aromatic nitrogens is 2. The van der Waals surface area contributed by atoms with E-state index >= 15 is 0 Å². The molecule has 1 aliphatic heterocycles. The smallest absolute Gasteiger partial charge is 0.246 e. The van der Waals surface area contributed by atoms with Crippen molar-refractivity contribution < 1.29 is 17.6 Å². The van der Waals surface area contributed by atoms with Gasteiger partial charge in [-0.1, -0.05) is 30.3 Å². The van der Waals surface area contributed by atoms with Gasteiger partial charge in [0.15, 0.2) is 9.84 Å². The number of benzene rings is 3. The number of aromatic amines is 1. The molecule has 0 aliphatic carbocycles. The zero-order chi connectivity index (χ0) is 23.7. The van der Waals surface area contributed by atoms with Crippen molar-refractivity contribution in [3.8, 4) is 11.4 Å². The Morgan fingerprint density at radius 2 is 1.71 bits per heavy atom. The van der Waals surface area contributed by atoms with Gasteiger partial charge >= 0.3 is 0 Å². The molecular weight excluding hydrogens is 455 g/mol. The molecule has 2 N–H and O–H groups in total. The number of H-pyrrole nitrogens is 1. The second kappa shape index (κ2) is 9.00.